The first-order valence-corrected chi connectivity index (χ1v) is 8.28. The van der Waals surface area contributed by atoms with Gasteiger partial charge in [-0.15, -0.1) is 11.8 Å². The number of thioether (sulfide) groups is 1. The summed E-state index contributed by atoms with van der Waals surface area (Å²) >= 11 is 10.8. The Morgan fingerprint density at radius 3 is 2.75 bits per heavy atom. The smallest absolute Gasteiger partial charge is 0.137 e. The fourth-order valence-electron chi connectivity index (χ4n) is 1.79. The SMILES string of the molecule is NC(CSc1cccc(Cl)c1)Cc1ccc(F)c(Br)c1. The summed E-state index contributed by atoms with van der Waals surface area (Å²) in [6.07, 6.45) is 0.715. The Kier molecular flexibility index (Phi) is 5.90. The van der Waals surface area contributed by atoms with E-state index in [0.717, 1.165) is 21.2 Å². The van der Waals surface area contributed by atoms with Crippen molar-refractivity contribution in [3.05, 3.63) is 63.3 Å². The average Bonchev–Trinajstić information content (AvgIpc) is 2.41. The first-order valence-electron chi connectivity index (χ1n) is 6.12. The summed E-state index contributed by atoms with van der Waals surface area (Å²) in [5, 5.41) is 0.728. The van der Waals surface area contributed by atoms with Gasteiger partial charge in [0.2, 0.25) is 0 Å². The van der Waals surface area contributed by atoms with Crippen LogP contribution in [0.1, 0.15) is 5.56 Å². The molecule has 0 aliphatic rings. The van der Waals surface area contributed by atoms with E-state index in [1.54, 1.807) is 23.9 Å². The molecular formula is C15H14BrClFNS. The molecule has 0 aliphatic carbocycles. The van der Waals surface area contributed by atoms with Gasteiger partial charge < -0.3 is 5.73 Å². The molecule has 0 bridgehead atoms. The number of benzene rings is 2. The topological polar surface area (TPSA) is 26.0 Å². The summed E-state index contributed by atoms with van der Waals surface area (Å²) < 4.78 is 13.6. The van der Waals surface area contributed by atoms with Gasteiger partial charge in [-0.25, -0.2) is 4.39 Å². The van der Waals surface area contributed by atoms with E-state index in [-0.39, 0.29) is 11.9 Å². The van der Waals surface area contributed by atoms with Crippen LogP contribution >= 0.6 is 39.3 Å². The summed E-state index contributed by atoms with van der Waals surface area (Å²) in [5.74, 6) is 0.533. The third kappa shape index (κ3) is 4.77. The van der Waals surface area contributed by atoms with Crippen LogP contribution in [0.4, 0.5) is 4.39 Å². The third-order valence-corrected chi connectivity index (χ3v) is 4.77. The highest BCUT2D eigenvalue weighted by molar-refractivity contribution is 9.10. The van der Waals surface area contributed by atoms with Crippen molar-refractivity contribution in [1.82, 2.24) is 0 Å². The van der Waals surface area contributed by atoms with Gasteiger partial charge in [-0.2, -0.15) is 0 Å². The highest BCUT2D eigenvalue weighted by Gasteiger charge is 2.07. The van der Waals surface area contributed by atoms with Gasteiger partial charge in [0.1, 0.15) is 5.82 Å². The molecule has 0 aromatic heterocycles. The minimum absolute atomic E-state index is 0.0105. The number of hydrogen-bond acceptors (Lipinski definition) is 2. The van der Waals surface area contributed by atoms with Gasteiger partial charge in [-0.3, -0.25) is 0 Å². The van der Waals surface area contributed by atoms with E-state index in [1.807, 2.05) is 24.3 Å². The van der Waals surface area contributed by atoms with Gasteiger partial charge >= 0.3 is 0 Å². The molecule has 1 nitrogen and oxygen atoms in total. The summed E-state index contributed by atoms with van der Waals surface area (Å²) in [6, 6.07) is 12.7. The van der Waals surface area contributed by atoms with Gasteiger partial charge in [-0.05, 0) is 58.2 Å². The predicted octanol–water partition coefficient (Wildman–Crippen LogP) is 4.90. The lowest BCUT2D eigenvalue weighted by atomic mass is 10.1. The fourth-order valence-corrected chi connectivity index (χ4v) is 3.38. The Balaban J connectivity index is 1.89. The molecule has 2 aromatic carbocycles. The van der Waals surface area contributed by atoms with E-state index in [2.05, 4.69) is 15.9 Å². The standard InChI is InChI=1S/C15H14BrClFNS/c16-14-7-10(4-5-15(14)18)6-12(19)9-20-13-3-1-2-11(17)8-13/h1-5,7-8,12H,6,9,19H2. The van der Waals surface area contributed by atoms with Crippen molar-refractivity contribution < 1.29 is 4.39 Å². The van der Waals surface area contributed by atoms with Gasteiger partial charge in [0.15, 0.2) is 0 Å². The molecule has 0 amide bonds. The molecular weight excluding hydrogens is 361 g/mol. The summed E-state index contributed by atoms with van der Waals surface area (Å²) in [7, 11) is 0. The molecule has 0 radical (unpaired) electrons. The number of nitrogens with two attached hydrogens (primary N) is 1. The predicted molar refractivity (Wildman–Crippen MR) is 88.0 cm³/mol. The Bertz CT molecular complexity index is 594. The van der Waals surface area contributed by atoms with E-state index in [9.17, 15) is 4.39 Å². The quantitative estimate of drug-likeness (QED) is 0.753. The molecule has 106 valence electrons. The second-order valence-corrected chi connectivity index (χ2v) is 6.87. The normalized spacial score (nSPS) is 12.4. The van der Waals surface area contributed by atoms with Gasteiger partial charge in [0.05, 0.1) is 4.47 Å². The highest BCUT2D eigenvalue weighted by atomic mass is 79.9. The summed E-state index contributed by atoms with van der Waals surface area (Å²) in [6.45, 7) is 0. The lowest BCUT2D eigenvalue weighted by molar-refractivity contribution is 0.619. The van der Waals surface area contributed by atoms with Crippen LogP contribution in [0.15, 0.2) is 51.8 Å². The molecule has 2 N–H and O–H groups in total. The first kappa shape index (κ1) is 15.8. The summed E-state index contributed by atoms with van der Waals surface area (Å²) in [4.78, 5) is 1.10. The first-order chi connectivity index (χ1) is 9.54. The Morgan fingerprint density at radius 1 is 1.25 bits per heavy atom. The average molecular weight is 375 g/mol. The zero-order valence-electron chi connectivity index (χ0n) is 10.7. The molecule has 1 unspecified atom stereocenters. The minimum Gasteiger partial charge on any atom is -0.327 e. The Morgan fingerprint density at radius 2 is 2.05 bits per heavy atom. The van der Waals surface area contributed by atoms with Crippen LogP contribution in [0, 0.1) is 5.82 Å². The molecule has 0 fully saturated rings. The second-order valence-electron chi connectivity index (χ2n) is 4.48. The van der Waals surface area contributed by atoms with E-state index in [1.165, 1.54) is 6.07 Å². The highest BCUT2D eigenvalue weighted by Crippen LogP contribution is 2.23. The molecule has 0 saturated heterocycles. The molecule has 0 saturated carbocycles. The van der Waals surface area contributed by atoms with Crippen molar-refractivity contribution in [1.29, 1.82) is 0 Å². The van der Waals surface area contributed by atoms with Crippen LogP contribution in [0.3, 0.4) is 0 Å². The van der Waals surface area contributed by atoms with E-state index >= 15 is 0 Å². The molecule has 0 spiro atoms. The van der Waals surface area contributed by atoms with Gasteiger partial charge in [0.25, 0.3) is 0 Å². The number of rotatable bonds is 5. The molecule has 0 heterocycles. The third-order valence-electron chi connectivity index (χ3n) is 2.74. The maximum Gasteiger partial charge on any atom is 0.137 e. The Hall–Kier alpha value is -0.550. The lowest BCUT2D eigenvalue weighted by Crippen LogP contribution is -2.25. The van der Waals surface area contributed by atoms with E-state index in [0.29, 0.717) is 10.9 Å². The van der Waals surface area contributed by atoms with Gasteiger partial charge in [0, 0.05) is 21.7 Å². The molecule has 0 aliphatic heterocycles. The molecule has 2 rings (SSSR count). The maximum absolute atomic E-state index is 13.1. The molecule has 20 heavy (non-hydrogen) atoms. The molecule has 1 atom stereocenters. The van der Waals surface area contributed by atoms with Gasteiger partial charge in [-0.1, -0.05) is 23.7 Å². The van der Waals surface area contributed by atoms with E-state index in [4.69, 9.17) is 17.3 Å². The largest absolute Gasteiger partial charge is 0.327 e. The monoisotopic (exact) mass is 373 g/mol. The zero-order chi connectivity index (χ0) is 14.5. The van der Waals surface area contributed by atoms with Crippen molar-refractivity contribution >= 4 is 39.3 Å². The second kappa shape index (κ2) is 7.46. The fraction of sp³-hybridized carbons (Fsp3) is 0.200. The van der Waals surface area contributed by atoms with Crippen LogP contribution in [0.25, 0.3) is 0 Å². The van der Waals surface area contributed by atoms with Crippen molar-refractivity contribution in [3.63, 3.8) is 0 Å². The van der Waals surface area contributed by atoms with Crippen LogP contribution in [0.2, 0.25) is 5.02 Å². The van der Waals surface area contributed by atoms with Crippen molar-refractivity contribution in [2.75, 3.05) is 5.75 Å². The summed E-state index contributed by atoms with van der Waals surface area (Å²) in [5.41, 5.74) is 7.14. The lowest BCUT2D eigenvalue weighted by Gasteiger charge is -2.12. The van der Waals surface area contributed by atoms with Crippen molar-refractivity contribution in [2.24, 2.45) is 5.73 Å². The zero-order valence-corrected chi connectivity index (χ0v) is 13.8. The van der Waals surface area contributed by atoms with Crippen LogP contribution in [0.5, 0.6) is 0 Å². The molecule has 5 heteroatoms. The van der Waals surface area contributed by atoms with Crippen LogP contribution < -0.4 is 5.73 Å². The number of hydrogen-bond donors (Lipinski definition) is 1. The molecule has 2 aromatic rings. The van der Waals surface area contributed by atoms with Crippen molar-refractivity contribution in [2.45, 2.75) is 17.4 Å². The Labute approximate surface area is 135 Å². The van der Waals surface area contributed by atoms with E-state index < -0.39 is 0 Å². The van der Waals surface area contributed by atoms with Crippen LogP contribution in [-0.2, 0) is 6.42 Å². The minimum atomic E-state index is -0.254. The maximum atomic E-state index is 13.1. The van der Waals surface area contributed by atoms with Crippen molar-refractivity contribution in [3.8, 4) is 0 Å². The van der Waals surface area contributed by atoms with Crippen LogP contribution in [-0.4, -0.2) is 11.8 Å². The number of halogens is 3.